The standard InChI is InChI=1S/C32H29ClN4O4/c1-19-13-26(16-27(33)14-19)28-17-29(24-5-4-6-25(15-24)31-20(2)36-41-21(31)3)37(35-28)18-22-7-9-23(10-8-22)32(40)34-12-11-30(38)39/h4-10,13-17H,11-12,18H2,1-3H3,(H,34,40)(H,38,39). The van der Waals surface area contributed by atoms with Gasteiger partial charge in [0, 0.05) is 33.8 Å². The van der Waals surface area contributed by atoms with E-state index in [1.165, 1.54) is 0 Å². The zero-order valence-corrected chi connectivity index (χ0v) is 23.7. The summed E-state index contributed by atoms with van der Waals surface area (Å²) in [4.78, 5) is 23.1. The highest BCUT2D eigenvalue weighted by molar-refractivity contribution is 6.30. The number of rotatable bonds is 9. The van der Waals surface area contributed by atoms with Crippen LogP contribution in [0.4, 0.5) is 0 Å². The number of aliphatic carboxylic acids is 1. The molecule has 0 bridgehead atoms. The van der Waals surface area contributed by atoms with Crippen LogP contribution in [0.1, 0.15) is 39.4 Å². The fraction of sp³-hybridized carbons (Fsp3) is 0.188. The first-order chi connectivity index (χ1) is 19.7. The van der Waals surface area contributed by atoms with E-state index in [4.69, 9.17) is 26.3 Å². The molecule has 0 aliphatic carbocycles. The van der Waals surface area contributed by atoms with Crippen molar-refractivity contribution in [3.8, 4) is 33.6 Å². The maximum absolute atomic E-state index is 12.4. The summed E-state index contributed by atoms with van der Waals surface area (Å²) in [5.41, 5.74) is 8.88. The second-order valence-electron chi connectivity index (χ2n) is 9.97. The van der Waals surface area contributed by atoms with Crippen LogP contribution in [0.15, 0.2) is 77.3 Å². The zero-order chi connectivity index (χ0) is 29.1. The predicted octanol–water partition coefficient (Wildman–Crippen LogP) is 6.70. The zero-order valence-electron chi connectivity index (χ0n) is 22.9. The van der Waals surface area contributed by atoms with Gasteiger partial charge in [-0.25, -0.2) is 0 Å². The number of halogens is 1. The highest BCUT2D eigenvalue weighted by Gasteiger charge is 2.17. The number of nitrogens with zero attached hydrogens (tertiary/aromatic N) is 3. The Kier molecular flexibility index (Phi) is 8.03. The number of hydrogen-bond donors (Lipinski definition) is 2. The van der Waals surface area contributed by atoms with E-state index in [1.54, 1.807) is 12.1 Å². The van der Waals surface area contributed by atoms with Gasteiger partial charge in [0.05, 0.1) is 30.0 Å². The van der Waals surface area contributed by atoms with E-state index in [-0.39, 0.29) is 18.9 Å². The Labute approximate surface area is 242 Å². The second-order valence-corrected chi connectivity index (χ2v) is 10.4. The van der Waals surface area contributed by atoms with Crippen LogP contribution in [0.2, 0.25) is 5.02 Å². The molecule has 2 heterocycles. The highest BCUT2D eigenvalue weighted by Crippen LogP contribution is 2.33. The van der Waals surface area contributed by atoms with Gasteiger partial charge in [0.15, 0.2) is 0 Å². The molecule has 0 saturated heterocycles. The highest BCUT2D eigenvalue weighted by atomic mass is 35.5. The topological polar surface area (TPSA) is 110 Å². The molecular weight excluding hydrogens is 540 g/mol. The fourth-order valence-corrected chi connectivity index (χ4v) is 5.13. The SMILES string of the molecule is Cc1cc(Cl)cc(-c2cc(-c3cccc(-c4c(C)noc4C)c3)n(Cc3ccc(C(=O)NCCC(=O)O)cc3)n2)c1. The Morgan fingerprint density at radius 3 is 2.39 bits per heavy atom. The number of carbonyl (C=O) groups excluding carboxylic acids is 1. The minimum atomic E-state index is -0.958. The number of nitrogens with one attached hydrogen (secondary N) is 1. The quantitative estimate of drug-likeness (QED) is 0.205. The number of carboxylic acids is 1. The van der Waals surface area contributed by atoms with Crippen molar-refractivity contribution in [1.82, 2.24) is 20.3 Å². The molecular formula is C32H29ClN4O4. The Morgan fingerprint density at radius 2 is 1.71 bits per heavy atom. The Hall–Kier alpha value is -4.69. The van der Waals surface area contributed by atoms with Crippen molar-refractivity contribution in [3.05, 3.63) is 106 Å². The molecule has 208 valence electrons. The van der Waals surface area contributed by atoms with Crippen LogP contribution in [0.3, 0.4) is 0 Å². The Bertz CT molecular complexity index is 1700. The van der Waals surface area contributed by atoms with Crippen LogP contribution in [-0.4, -0.2) is 38.5 Å². The van der Waals surface area contributed by atoms with Crippen LogP contribution < -0.4 is 5.32 Å². The molecule has 0 aliphatic rings. The van der Waals surface area contributed by atoms with E-state index in [0.717, 1.165) is 56.2 Å². The van der Waals surface area contributed by atoms with Crippen molar-refractivity contribution in [3.63, 3.8) is 0 Å². The summed E-state index contributed by atoms with van der Waals surface area (Å²) in [6, 6.07) is 23.3. The van der Waals surface area contributed by atoms with Crippen molar-refractivity contribution >= 4 is 23.5 Å². The molecule has 1 amide bonds. The molecule has 0 aliphatic heterocycles. The Balaban J connectivity index is 1.50. The molecule has 0 fully saturated rings. The molecule has 8 nitrogen and oxygen atoms in total. The van der Waals surface area contributed by atoms with E-state index < -0.39 is 5.97 Å². The van der Waals surface area contributed by atoms with Gasteiger partial charge in [-0.3, -0.25) is 14.3 Å². The number of benzene rings is 3. The van der Waals surface area contributed by atoms with Crippen molar-refractivity contribution < 1.29 is 19.2 Å². The van der Waals surface area contributed by atoms with Gasteiger partial charge < -0.3 is 14.9 Å². The Morgan fingerprint density at radius 1 is 0.951 bits per heavy atom. The van der Waals surface area contributed by atoms with Gasteiger partial charge in [-0.2, -0.15) is 5.10 Å². The third-order valence-electron chi connectivity index (χ3n) is 6.77. The lowest BCUT2D eigenvalue weighted by atomic mass is 10.00. The molecule has 0 radical (unpaired) electrons. The number of carboxylic acid groups (broad SMARTS) is 1. The first-order valence-corrected chi connectivity index (χ1v) is 13.5. The molecule has 2 aromatic heterocycles. The largest absolute Gasteiger partial charge is 0.481 e. The molecule has 0 spiro atoms. The van der Waals surface area contributed by atoms with Crippen molar-refractivity contribution in [2.45, 2.75) is 33.7 Å². The first-order valence-electron chi connectivity index (χ1n) is 13.2. The van der Waals surface area contributed by atoms with Gasteiger partial charge in [0.2, 0.25) is 0 Å². The second kappa shape index (κ2) is 11.8. The molecule has 0 unspecified atom stereocenters. The van der Waals surface area contributed by atoms with E-state index in [0.29, 0.717) is 17.1 Å². The average molecular weight is 569 g/mol. The summed E-state index contributed by atoms with van der Waals surface area (Å²) in [6.45, 7) is 6.37. The molecule has 5 aromatic rings. The summed E-state index contributed by atoms with van der Waals surface area (Å²) >= 11 is 6.38. The van der Waals surface area contributed by atoms with Gasteiger partial charge in [0.1, 0.15) is 5.76 Å². The van der Waals surface area contributed by atoms with E-state index in [2.05, 4.69) is 28.7 Å². The normalized spacial score (nSPS) is 11.0. The minimum Gasteiger partial charge on any atom is -0.481 e. The van der Waals surface area contributed by atoms with Gasteiger partial charge in [0.25, 0.3) is 5.91 Å². The summed E-state index contributed by atoms with van der Waals surface area (Å²) in [7, 11) is 0. The molecule has 0 saturated carbocycles. The van der Waals surface area contributed by atoms with Gasteiger partial charge in [-0.05, 0) is 79.9 Å². The fourth-order valence-electron chi connectivity index (χ4n) is 4.84. The van der Waals surface area contributed by atoms with Gasteiger partial charge in [-0.15, -0.1) is 0 Å². The van der Waals surface area contributed by atoms with Gasteiger partial charge >= 0.3 is 5.97 Å². The van der Waals surface area contributed by atoms with Crippen molar-refractivity contribution in [2.75, 3.05) is 6.54 Å². The summed E-state index contributed by atoms with van der Waals surface area (Å²) in [5, 5.41) is 21.1. The number of aryl methyl sites for hydroxylation is 3. The monoisotopic (exact) mass is 568 g/mol. The van der Waals surface area contributed by atoms with Crippen LogP contribution in [0.5, 0.6) is 0 Å². The molecule has 2 N–H and O–H groups in total. The minimum absolute atomic E-state index is 0.0747. The molecule has 0 atom stereocenters. The van der Waals surface area contributed by atoms with Crippen LogP contribution in [0.25, 0.3) is 33.6 Å². The van der Waals surface area contributed by atoms with Crippen molar-refractivity contribution in [2.24, 2.45) is 0 Å². The lowest BCUT2D eigenvalue weighted by Crippen LogP contribution is -2.25. The van der Waals surface area contributed by atoms with E-state index >= 15 is 0 Å². The van der Waals surface area contributed by atoms with Crippen LogP contribution >= 0.6 is 11.6 Å². The number of carbonyl (C=O) groups is 2. The maximum Gasteiger partial charge on any atom is 0.305 e. The predicted molar refractivity (Wildman–Crippen MR) is 158 cm³/mol. The summed E-state index contributed by atoms with van der Waals surface area (Å²) in [5.74, 6) is -0.511. The first kappa shape index (κ1) is 27.9. The van der Waals surface area contributed by atoms with Crippen LogP contribution in [-0.2, 0) is 11.3 Å². The van der Waals surface area contributed by atoms with E-state index in [1.807, 2.05) is 67.9 Å². The van der Waals surface area contributed by atoms with Gasteiger partial charge in [-0.1, -0.05) is 47.1 Å². The molecule has 3 aromatic carbocycles. The third kappa shape index (κ3) is 6.39. The summed E-state index contributed by atoms with van der Waals surface area (Å²) < 4.78 is 7.35. The number of amides is 1. The molecule has 5 rings (SSSR count). The molecule has 41 heavy (non-hydrogen) atoms. The van der Waals surface area contributed by atoms with Crippen molar-refractivity contribution in [1.29, 1.82) is 0 Å². The van der Waals surface area contributed by atoms with E-state index in [9.17, 15) is 9.59 Å². The lowest BCUT2D eigenvalue weighted by Gasteiger charge is -2.10. The number of hydrogen-bond acceptors (Lipinski definition) is 5. The average Bonchev–Trinajstić information content (AvgIpc) is 3.51. The smallest absolute Gasteiger partial charge is 0.305 e. The number of aromatic nitrogens is 3. The lowest BCUT2D eigenvalue weighted by molar-refractivity contribution is -0.136. The maximum atomic E-state index is 12.4. The van der Waals surface area contributed by atoms with Crippen LogP contribution in [0, 0.1) is 20.8 Å². The summed E-state index contributed by atoms with van der Waals surface area (Å²) in [6.07, 6.45) is -0.127. The third-order valence-corrected chi connectivity index (χ3v) is 6.99. The molecule has 9 heteroatoms.